The molecule has 1 aromatic heterocycles. The standard InChI is InChI=1S/C11H10N2O3/c14-9-4-1-3-8(7-9)11-10(13(15)16)5-2-6-12-11/h2,5-7H,1,3-4H2. The second-order valence-corrected chi connectivity index (χ2v) is 3.62. The lowest BCUT2D eigenvalue weighted by Gasteiger charge is -2.10. The van der Waals surface area contributed by atoms with Crippen molar-refractivity contribution in [2.45, 2.75) is 19.3 Å². The maximum absolute atomic E-state index is 11.3. The second kappa shape index (κ2) is 4.22. The number of carbonyl (C=O) groups excluding carboxylic acids is 1. The number of rotatable bonds is 2. The van der Waals surface area contributed by atoms with Crippen molar-refractivity contribution < 1.29 is 9.72 Å². The molecule has 0 fully saturated rings. The van der Waals surface area contributed by atoms with Crippen LogP contribution in [-0.2, 0) is 4.79 Å². The molecule has 0 bridgehead atoms. The first kappa shape index (κ1) is 10.5. The van der Waals surface area contributed by atoms with Crippen LogP contribution in [0.15, 0.2) is 24.4 Å². The number of pyridine rings is 1. The fraction of sp³-hybridized carbons (Fsp3) is 0.273. The first-order chi connectivity index (χ1) is 7.68. The Morgan fingerprint density at radius 3 is 2.88 bits per heavy atom. The van der Waals surface area contributed by atoms with Crippen LogP contribution in [0, 0.1) is 10.1 Å². The van der Waals surface area contributed by atoms with E-state index < -0.39 is 4.92 Å². The van der Waals surface area contributed by atoms with Crippen LogP contribution in [-0.4, -0.2) is 15.7 Å². The molecule has 1 aliphatic carbocycles. The largest absolute Gasteiger partial charge is 0.295 e. The Labute approximate surface area is 92.0 Å². The van der Waals surface area contributed by atoms with Crippen LogP contribution in [0.3, 0.4) is 0 Å². The van der Waals surface area contributed by atoms with Crippen molar-refractivity contribution in [3.8, 4) is 0 Å². The fourth-order valence-electron chi connectivity index (χ4n) is 1.77. The van der Waals surface area contributed by atoms with Gasteiger partial charge in [-0.15, -0.1) is 0 Å². The summed E-state index contributed by atoms with van der Waals surface area (Å²) in [6.45, 7) is 0. The summed E-state index contributed by atoms with van der Waals surface area (Å²) in [5.41, 5.74) is 0.951. The summed E-state index contributed by atoms with van der Waals surface area (Å²) >= 11 is 0. The molecule has 0 atom stereocenters. The van der Waals surface area contributed by atoms with Gasteiger partial charge >= 0.3 is 0 Å². The van der Waals surface area contributed by atoms with Crippen molar-refractivity contribution in [3.05, 3.63) is 40.2 Å². The molecule has 16 heavy (non-hydrogen) atoms. The van der Waals surface area contributed by atoms with E-state index in [-0.39, 0.29) is 11.5 Å². The van der Waals surface area contributed by atoms with Gasteiger partial charge in [-0.1, -0.05) is 0 Å². The van der Waals surface area contributed by atoms with Crippen LogP contribution < -0.4 is 0 Å². The van der Waals surface area contributed by atoms with E-state index in [2.05, 4.69) is 4.98 Å². The van der Waals surface area contributed by atoms with Crippen molar-refractivity contribution in [1.82, 2.24) is 4.98 Å². The van der Waals surface area contributed by atoms with Crippen molar-refractivity contribution in [3.63, 3.8) is 0 Å². The molecule has 1 aromatic rings. The SMILES string of the molecule is O=C1C=C(c2ncccc2[N+](=O)[O-])CCC1. The molecular weight excluding hydrogens is 208 g/mol. The highest BCUT2D eigenvalue weighted by atomic mass is 16.6. The summed E-state index contributed by atoms with van der Waals surface area (Å²) in [6, 6.07) is 2.93. The number of nitrogens with zero attached hydrogens (tertiary/aromatic N) is 2. The zero-order valence-corrected chi connectivity index (χ0v) is 8.55. The number of hydrogen-bond acceptors (Lipinski definition) is 4. The van der Waals surface area contributed by atoms with Gasteiger partial charge in [0.05, 0.1) is 4.92 Å². The summed E-state index contributed by atoms with van der Waals surface area (Å²) in [5, 5.41) is 10.8. The Balaban J connectivity index is 2.47. The Kier molecular flexibility index (Phi) is 2.76. The predicted octanol–water partition coefficient (Wildman–Crippen LogP) is 2.13. The van der Waals surface area contributed by atoms with Gasteiger partial charge in [-0.05, 0) is 30.6 Å². The predicted molar refractivity (Wildman–Crippen MR) is 57.7 cm³/mol. The van der Waals surface area contributed by atoms with Gasteiger partial charge in [-0.3, -0.25) is 14.9 Å². The van der Waals surface area contributed by atoms with Gasteiger partial charge in [-0.2, -0.15) is 0 Å². The zero-order chi connectivity index (χ0) is 11.5. The van der Waals surface area contributed by atoms with E-state index in [1.807, 2.05) is 0 Å². The van der Waals surface area contributed by atoms with E-state index in [1.165, 1.54) is 24.4 Å². The minimum absolute atomic E-state index is 0.0150. The van der Waals surface area contributed by atoms with Crippen molar-refractivity contribution >= 4 is 17.0 Å². The fourth-order valence-corrected chi connectivity index (χ4v) is 1.77. The minimum atomic E-state index is -0.470. The molecule has 2 rings (SSSR count). The zero-order valence-electron chi connectivity index (χ0n) is 8.55. The molecule has 5 heteroatoms. The van der Waals surface area contributed by atoms with E-state index in [0.717, 1.165) is 6.42 Å². The smallest absolute Gasteiger partial charge is 0.295 e. The quantitative estimate of drug-likeness (QED) is 0.563. The number of aromatic nitrogens is 1. The highest BCUT2D eigenvalue weighted by molar-refractivity contribution is 5.98. The Morgan fingerprint density at radius 2 is 2.19 bits per heavy atom. The van der Waals surface area contributed by atoms with E-state index in [0.29, 0.717) is 24.1 Å². The maximum Gasteiger partial charge on any atom is 0.295 e. The highest BCUT2D eigenvalue weighted by Gasteiger charge is 2.20. The van der Waals surface area contributed by atoms with Crippen LogP contribution in [0.5, 0.6) is 0 Å². The number of nitro groups is 1. The molecular formula is C11H10N2O3. The number of ketones is 1. The maximum atomic E-state index is 11.3. The second-order valence-electron chi connectivity index (χ2n) is 3.62. The molecule has 5 nitrogen and oxygen atoms in total. The number of hydrogen-bond donors (Lipinski definition) is 0. The summed E-state index contributed by atoms with van der Waals surface area (Å²) in [4.78, 5) is 25.6. The van der Waals surface area contributed by atoms with Crippen LogP contribution in [0.4, 0.5) is 5.69 Å². The van der Waals surface area contributed by atoms with Crippen LogP contribution in [0.25, 0.3) is 5.57 Å². The molecule has 0 aliphatic heterocycles. The number of allylic oxidation sites excluding steroid dienone is 2. The van der Waals surface area contributed by atoms with E-state index in [4.69, 9.17) is 0 Å². The monoisotopic (exact) mass is 218 g/mol. The summed E-state index contributed by atoms with van der Waals surface area (Å²) in [7, 11) is 0. The van der Waals surface area contributed by atoms with Gasteiger partial charge < -0.3 is 0 Å². The van der Waals surface area contributed by atoms with Crippen molar-refractivity contribution in [2.75, 3.05) is 0 Å². The van der Waals surface area contributed by atoms with E-state index in [9.17, 15) is 14.9 Å². The molecule has 0 unspecified atom stereocenters. The van der Waals surface area contributed by atoms with Crippen molar-refractivity contribution in [2.24, 2.45) is 0 Å². The van der Waals surface area contributed by atoms with Gasteiger partial charge in [0, 0.05) is 18.7 Å². The van der Waals surface area contributed by atoms with Crippen LogP contribution >= 0.6 is 0 Å². The molecule has 1 aliphatic rings. The number of carbonyl (C=O) groups is 1. The summed E-state index contributed by atoms with van der Waals surface area (Å²) < 4.78 is 0. The third-order valence-electron chi connectivity index (χ3n) is 2.49. The molecule has 0 saturated heterocycles. The lowest BCUT2D eigenvalue weighted by Crippen LogP contribution is -2.05. The van der Waals surface area contributed by atoms with Gasteiger partial charge in [0.25, 0.3) is 5.69 Å². The van der Waals surface area contributed by atoms with Crippen molar-refractivity contribution in [1.29, 1.82) is 0 Å². The minimum Gasteiger partial charge on any atom is -0.295 e. The lowest BCUT2D eigenvalue weighted by molar-refractivity contribution is -0.385. The third-order valence-corrected chi connectivity index (χ3v) is 2.49. The molecule has 0 amide bonds. The first-order valence-corrected chi connectivity index (χ1v) is 5.01. The Bertz CT molecular complexity index is 480. The topological polar surface area (TPSA) is 73.1 Å². The highest BCUT2D eigenvalue weighted by Crippen LogP contribution is 2.29. The molecule has 0 N–H and O–H groups in total. The van der Waals surface area contributed by atoms with Gasteiger partial charge in [0.1, 0.15) is 5.69 Å². The van der Waals surface area contributed by atoms with Gasteiger partial charge in [0.15, 0.2) is 5.78 Å². The first-order valence-electron chi connectivity index (χ1n) is 5.01. The van der Waals surface area contributed by atoms with Crippen LogP contribution in [0.2, 0.25) is 0 Å². The molecule has 82 valence electrons. The summed E-state index contributed by atoms with van der Waals surface area (Å²) in [6.07, 6.45) is 4.90. The van der Waals surface area contributed by atoms with Gasteiger partial charge in [-0.25, -0.2) is 4.98 Å². The molecule has 0 aromatic carbocycles. The lowest BCUT2D eigenvalue weighted by atomic mass is 9.95. The molecule has 1 heterocycles. The van der Waals surface area contributed by atoms with E-state index >= 15 is 0 Å². The Morgan fingerprint density at radius 1 is 1.38 bits per heavy atom. The third kappa shape index (κ3) is 1.98. The molecule has 0 saturated carbocycles. The Hall–Kier alpha value is -2.04. The molecule has 0 radical (unpaired) electrons. The normalized spacial score (nSPS) is 15.8. The average Bonchev–Trinajstić information content (AvgIpc) is 2.29. The summed E-state index contributed by atoms with van der Waals surface area (Å²) in [5.74, 6) is 0.0150. The van der Waals surface area contributed by atoms with Gasteiger partial charge in [0.2, 0.25) is 0 Å². The average molecular weight is 218 g/mol. The van der Waals surface area contributed by atoms with E-state index in [1.54, 1.807) is 0 Å². The molecule has 0 spiro atoms. The van der Waals surface area contributed by atoms with Crippen LogP contribution in [0.1, 0.15) is 25.0 Å².